The summed E-state index contributed by atoms with van der Waals surface area (Å²) in [5, 5.41) is 4.69. The van der Waals surface area contributed by atoms with E-state index in [-0.39, 0.29) is 0 Å². The second kappa shape index (κ2) is 3.46. The van der Waals surface area contributed by atoms with Gasteiger partial charge >= 0.3 is 0 Å². The molecular formula is C11H12Cl2N2. The molecule has 1 fully saturated rings. The lowest BCUT2D eigenvalue weighted by Gasteiger charge is -2.34. The number of hydrogen-bond acceptors (Lipinski definition) is 2. The molecule has 1 aromatic carbocycles. The van der Waals surface area contributed by atoms with Gasteiger partial charge in [0, 0.05) is 19.1 Å². The summed E-state index contributed by atoms with van der Waals surface area (Å²) in [6, 6.07) is 4.53. The molecule has 0 aromatic heterocycles. The summed E-state index contributed by atoms with van der Waals surface area (Å²) in [6.07, 6.45) is 2.54. The molecule has 2 aliphatic rings. The first-order chi connectivity index (χ1) is 7.25. The zero-order valence-corrected chi connectivity index (χ0v) is 9.78. The molecule has 0 saturated carbocycles. The van der Waals surface area contributed by atoms with Gasteiger partial charge in [-0.15, -0.1) is 0 Å². The van der Waals surface area contributed by atoms with Gasteiger partial charge in [0.25, 0.3) is 0 Å². The van der Waals surface area contributed by atoms with E-state index in [4.69, 9.17) is 23.2 Å². The molecule has 3 rings (SSSR count). The number of halogens is 2. The number of nitrogens with one attached hydrogen (secondary N) is 1. The molecule has 2 heterocycles. The minimum Gasteiger partial charge on any atom is -0.381 e. The third-order valence-corrected chi connectivity index (χ3v) is 3.98. The summed E-state index contributed by atoms with van der Waals surface area (Å²) < 4.78 is 0. The maximum atomic E-state index is 6.05. The van der Waals surface area contributed by atoms with Crippen molar-refractivity contribution in [1.29, 1.82) is 0 Å². The van der Waals surface area contributed by atoms with Gasteiger partial charge in [0.05, 0.1) is 21.4 Å². The minimum absolute atomic E-state index is 0.626. The fraction of sp³-hybridized carbons (Fsp3) is 0.455. The average Bonchev–Trinajstić information content (AvgIpc) is 2.68. The largest absolute Gasteiger partial charge is 0.381 e. The number of rotatable bonds is 0. The van der Waals surface area contributed by atoms with Crippen LogP contribution >= 0.6 is 23.2 Å². The molecule has 0 radical (unpaired) electrons. The van der Waals surface area contributed by atoms with Gasteiger partial charge in [-0.1, -0.05) is 23.2 Å². The number of anilines is 2. The molecule has 1 saturated heterocycles. The van der Waals surface area contributed by atoms with Crippen molar-refractivity contribution in [2.24, 2.45) is 0 Å². The quantitative estimate of drug-likeness (QED) is 0.751. The zero-order chi connectivity index (χ0) is 10.4. The summed E-state index contributed by atoms with van der Waals surface area (Å²) in [4.78, 5) is 2.44. The Morgan fingerprint density at radius 3 is 2.93 bits per heavy atom. The lowest BCUT2D eigenvalue weighted by molar-refractivity contribution is 0.683. The molecule has 1 unspecified atom stereocenters. The molecule has 15 heavy (non-hydrogen) atoms. The van der Waals surface area contributed by atoms with Crippen LogP contribution in [0.4, 0.5) is 11.4 Å². The van der Waals surface area contributed by atoms with Crippen molar-refractivity contribution in [3.05, 3.63) is 22.2 Å². The Labute approximate surface area is 99.2 Å². The van der Waals surface area contributed by atoms with Crippen molar-refractivity contribution < 1.29 is 0 Å². The number of hydrogen-bond donors (Lipinski definition) is 1. The Morgan fingerprint density at radius 1 is 1.27 bits per heavy atom. The first-order valence-corrected chi connectivity index (χ1v) is 6.01. The Morgan fingerprint density at radius 2 is 2.07 bits per heavy atom. The summed E-state index contributed by atoms with van der Waals surface area (Å²) in [5.74, 6) is 0. The van der Waals surface area contributed by atoms with Crippen molar-refractivity contribution >= 4 is 34.6 Å². The fourth-order valence-electron chi connectivity index (χ4n) is 2.51. The minimum atomic E-state index is 0.626. The highest BCUT2D eigenvalue weighted by molar-refractivity contribution is 6.42. The van der Waals surface area contributed by atoms with Crippen LogP contribution in [-0.2, 0) is 0 Å². The van der Waals surface area contributed by atoms with Gasteiger partial charge < -0.3 is 10.2 Å². The average molecular weight is 243 g/mol. The lowest BCUT2D eigenvalue weighted by atomic mass is 10.1. The molecular weight excluding hydrogens is 231 g/mol. The molecule has 1 N–H and O–H groups in total. The van der Waals surface area contributed by atoms with Crippen LogP contribution in [0.1, 0.15) is 12.8 Å². The zero-order valence-electron chi connectivity index (χ0n) is 8.26. The third-order valence-electron chi connectivity index (χ3n) is 3.25. The van der Waals surface area contributed by atoms with Crippen LogP contribution in [0.5, 0.6) is 0 Å². The van der Waals surface area contributed by atoms with Gasteiger partial charge in [-0.05, 0) is 25.0 Å². The van der Waals surface area contributed by atoms with Crippen LogP contribution in [0.2, 0.25) is 10.0 Å². The second-order valence-corrected chi connectivity index (χ2v) is 4.97. The van der Waals surface area contributed by atoms with E-state index in [0.29, 0.717) is 16.1 Å². The summed E-state index contributed by atoms with van der Waals surface area (Å²) in [6.45, 7) is 2.16. The number of benzene rings is 1. The van der Waals surface area contributed by atoms with Gasteiger partial charge in [-0.3, -0.25) is 0 Å². The Balaban J connectivity index is 2.09. The maximum absolute atomic E-state index is 6.05. The molecule has 1 aromatic rings. The molecule has 2 aliphatic heterocycles. The lowest BCUT2D eigenvalue weighted by Crippen LogP contribution is -2.39. The summed E-state index contributed by atoms with van der Waals surface area (Å²) >= 11 is 12.0. The monoisotopic (exact) mass is 242 g/mol. The Bertz CT molecular complexity index is 406. The Hall–Kier alpha value is -0.600. The SMILES string of the molecule is Clc1cc2c(cc1Cl)N1CCCC1CN2. The van der Waals surface area contributed by atoms with Crippen LogP contribution in [-0.4, -0.2) is 19.1 Å². The maximum Gasteiger partial charge on any atom is 0.0621 e. The first kappa shape index (κ1) is 9.61. The molecule has 4 heteroatoms. The normalized spacial score (nSPS) is 23.3. The predicted molar refractivity (Wildman–Crippen MR) is 65.3 cm³/mol. The van der Waals surface area contributed by atoms with E-state index in [0.717, 1.165) is 18.8 Å². The van der Waals surface area contributed by atoms with E-state index in [2.05, 4.69) is 10.2 Å². The van der Waals surface area contributed by atoms with Crippen LogP contribution in [0.15, 0.2) is 12.1 Å². The molecule has 2 nitrogen and oxygen atoms in total. The molecule has 0 bridgehead atoms. The van der Waals surface area contributed by atoms with E-state index >= 15 is 0 Å². The van der Waals surface area contributed by atoms with E-state index < -0.39 is 0 Å². The Kier molecular flexibility index (Phi) is 2.22. The highest BCUT2D eigenvalue weighted by Gasteiger charge is 2.30. The molecule has 0 amide bonds. The van der Waals surface area contributed by atoms with Crippen LogP contribution in [0, 0.1) is 0 Å². The topological polar surface area (TPSA) is 15.3 Å². The second-order valence-electron chi connectivity index (χ2n) is 4.15. The van der Waals surface area contributed by atoms with Gasteiger partial charge in [0.15, 0.2) is 0 Å². The first-order valence-electron chi connectivity index (χ1n) is 5.25. The van der Waals surface area contributed by atoms with Crippen molar-refractivity contribution in [1.82, 2.24) is 0 Å². The van der Waals surface area contributed by atoms with E-state index in [1.54, 1.807) is 0 Å². The number of nitrogens with zero attached hydrogens (tertiary/aromatic N) is 1. The van der Waals surface area contributed by atoms with Crippen LogP contribution in [0.25, 0.3) is 0 Å². The van der Waals surface area contributed by atoms with E-state index in [9.17, 15) is 0 Å². The van der Waals surface area contributed by atoms with Gasteiger partial charge in [-0.2, -0.15) is 0 Å². The van der Waals surface area contributed by atoms with Crippen molar-refractivity contribution in [3.8, 4) is 0 Å². The van der Waals surface area contributed by atoms with Crippen molar-refractivity contribution in [2.75, 3.05) is 23.3 Å². The van der Waals surface area contributed by atoms with Gasteiger partial charge in [0.1, 0.15) is 0 Å². The van der Waals surface area contributed by atoms with Gasteiger partial charge in [-0.25, -0.2) is 0 Å². The summed E-state index contributed by atoms with van der Waals surface area (Å²) in [5.41, 5.74) is 2.32. The standard InChI is InChI=1S/C11H12Cl2N2/c12-8-4-10-11(5-9(8)13)15-3-1-2-7(15)6-14-10/h4-5,7,14H,1-3,6H2. The van der Waals surface area contributed by atoms with Crippen LogP contribution in [0.3, 0.4) is 0 Å². The smallest absolute Gasteiger partial charge is 0.0621 e. The van der Waals surface area contributed by atoms with Crippen molar-refractivity contribution in [2.45, 2.75) is 18.9 Å². The molecule has 0 aliphatic carbocycles. The van der Waals surface area contributed by atoms with Crippen LogP contribution < -0.4 is 10.2 Å². The highest BCUT2D eigenvalue weighted by atomic mass is 35.5. The fourth-order valence-corrected chi connectivity index (χ4v) is 2.83. The molecule has 80 valence electrons. The van der Waals surface area contributed by atoms with E-state index in [1.807, 2.05) is 12.1 Å². The predicted octanol–water partition coefficient (Wildman–Crippen LogP) is 3.39. The van der Waals surface area contributed by atoms with E-state index in [1.165, 1.54) is 18.5 Å². The summed E-state index contributed by atoms with van der Waals surface area (Å²) in [7, 11) is 0. The highest BCUT2D eigenvalue weighted by Crippen LogP contribution is 2.40. The third kappa shape index (κ3) is 1.47. The molecule has 0 spiro atoms. The van der Waals surface area contributed by atoms with Crippen molar-refractivity contribution in [3.63, 3.8) is 0 Å². The molecule has 1 atom stereocenters. The number of fused-ring (bicyclic) bond motifs is 3. The van der Waals surface area contributed by atoms with Gasteiger partial charge in [0.2, 0.25) is 0 Å².